The molecule has 250 valence electrons. The number of carboxylic acids is 2. The standard InChI is InChI=1S/C32H41F5N2O6/c1-3-4-5-6-7-8-9-11-14-19-17-20(29(42)43)23-21(27(38)40)18(2)26(25(28(39)41)24(23)22(19)30(44)45)31(33,34)15-12-10-13-16-32(35,36)37/h17H,3-16H2,1-2H3,(H2,38,40)(H2,39,41)(H,42,43)(H,44,45). The van der Waals surface area contributed by atoms with E-state index in [2.05, 4.69) is 6.92 Å². The fourth-order valence-corrected chi connectivity index (χ4v) is 5.92. The molecule has 2 aromatic carbocycles. The summed E-state index contributed by atoms with van der Waals surface area (Å²) in [4.78, 5) is 50.7. The van der Waals surface area contributed by atoms with Gasteiger partial charge in [-0.2, -0.15) is 13.2 Å². The van der Waals surface area contributed by atoms with Crippen molar-refractivity contribution < 1.29 is 51.3 Å². The van der Waals surface area contributed by atoms with Crippen LogP contribution in [0.15, 0.2) is 6.07 Å². The molecule has 45 heavy (non-hydrogen) atoms. The number of aromatic carboxylic acids is 2. The molecule has 0 aliphatic carbocycles. The summed E-state index contributed by atoms with van der Waals surface area (Å²) in [6.07, 6.45) is -0.498. The number of hydrogen-bond donors (Lipinski definition) is 4. The minimum atomic E-state index is -4.46. The van der Waals surface area contributed by atoms with Crippen molar-refractivity contribution in [3.05, 3.63) is 45.0 Å². The largest absolute Gasteiger partial charge is 0.478 e. The lowest BCUT2D eigenvalue weighted by atomic mass is 9.80. The van der Waals surface area contributed by atoms with Gasteiger partial charge in [0.15, 0.2) is 0 Å². The van der Waals surface area contributed by atoms with Gasteiger partial charge in [-0.1, -0.05) is 58.3 Å². The van der Waals surface area contributed by atoms with Gasteiger partial charge in [-0.15, -0.1) is 0 Å². The molecule has 8 nitrogen and oxygen atoms in total. The molecule has 0 atom stereocenters. The van der Waals surface area contributed by atoms with E-state index in [1.807, 2.05) is 0 Å². The number of aryl methyl sites for hydroxylation is 1. The number of carbonyl (C=O) groups excluding carboxylic acids is 2. The Morgan fingerprint density at radius 3 is 1.69 bits per heavy atom. The molecule has 13 heteroatoms. The van der Waals surface area contributed by atoms with E-state index < -0.39 is 106 Å². The molecule has 0 radical (unpaired) electrons. The Balaban J connectivity index is 2.78. The van der Waals surface area contributed by atoms with Crippen molar-refractivity contribution >= 4 is 34.5 Å². The van der Waals surface area contributed by atoms with Crippen molar-refractivity contribution in [2.75, 3.05) is 0 Å². The second-order valence-corrected chi connectivity index (χ2v) is 11.4. The maximum atomic E-state index is 15.9. The highest BCUT2D eigenvalue weighted by atomic mass is 19.4. The zero-order valence-electron chi connectivity index (χ0n) is 25.5. The Morgan fingerprint density at radius 2 is 1.20 bits per heavy atom. The minimum Gasteiger partial charge on any atom is -0.478 e. The molecular weight excluding hydrogens is 603 g/mol. The van der Waals surface area contributed by atoms with Crippen LogP contribution in [0.3, 0.4) is 0 Å². The molecule has 0 saturated carbocycles. The van der Waals surface area contributed by atoms with E-state index in [1.165, 1.54) is 0 Å². The van der Waals surface area contributed by atoms with Gasteiger partial charge in [0.1, 0.15) is 0 Å². The molecule has 0 spiro atoms. The average molecular weight is 645 g/mol. The number of fused-ring (bicyclic) bond motifs is 1. The monoisotopic (exact) mass is 644 g/mol. The summed E-state index contributed by atoms with van der Waals surface area (Å²) < 4.78 is 69.4. The fourth-order valence-electron chi connectivity index (χ4n) is 5.92. The van der Waals surface area contributed by atoms with Crippen LogP contribution < -0.4 is 11.5 Å². The maximum Gasteiger partial charge on any atom is 0.389 e. The number of carboxylic acid groups (broad SMARTS) is 2. The molecule has 0 saturated heterocycles. The van der Waals surface area contributed by atoms with Gasteiger partial charge in [-0.05, 0) is 49.8 Å². The van der Waals surface area contributed by atoms with Crippen LogP contribution in [0.2, 0.25) is 0 Å². The number of primary amides is 2. The predicted molar refractivity (Wildman–Crippen MR) is 159 cm³/mol. The number of amides is 2. The topological polar surface area (TPSA) is 161 Å². The predicted octanol–water partition coefficient (Wildman–Crippen LogP) is 8.03. The zero-order chi connectivity index (χ0) is 34.1. The van der Waals surface area contributed by atoms with Crippen LogP contribution in [-0.2, 0) is 12.3 Å². The lowest BCUT2D eigenvalue weighted by Gasteiger charge is -2.26. The van der Waals surface area contributed by atoms with Gasteiger partial charge in [-0.25, -0.2) is 18.4 Å². The molecule has 6 N–H and O–H groups in total. The first-order valence-electron chi connectivity index (χ1n) is 15.1. The lowest BCUT2D eigenvalue weighted by Crippen LogP contribution is -2.28. The molecule has 2 rings (SSSR count). The Kier molecular flexibility index (Phi) is 13.3. The van der Waals surface area contributed by atoms with E-state index in [0.29, 0.717) is 12.8 Å². The highest BCUT2D eigenvalue weighted by Gasteiger charge is 2.41. The van der Waals surface area contributed by atoms with E-state index >= 15 is 8.78 Å². The summed E-state index contributed by atoms with van der Waals surface area (Å²) in [6, 6.07) is 1.06. The van der Waals surface area contributed by atoms with Gasteiger partial charge < -0.3 is 21.7 Å². The number of rotatable bonds is 19. The first kappa shape index (κ1) is 37.4. The number of alkyl halides is 5. The second kappa shape index (κ2) is 16.0. The molecule has 0 heterocycles. The van der Waals surface area contributed by atoms with Crippen molar-refractivity contribution in [3.8, 4) is 0 Å². The highest BCUT2D eigenvalue weighted by Crippen LogP contribution is 2.45. The maximum absolute atomic E-state index is 15.9. The van der Waals surface area contributed by atoms with Crippen molar-refractivity contribution in [1.29, 1.82) is 0 Å². The number of carbonyl (C=O) groups is 4. The van der Waals surface area contributed by atoms with E-state index in [1.54, 1.807) is 0 Å². The molecule has 0 aliphatic heterocycles. The summed E-state index contributed by atoms with van der Waals surface area (Å²) in [5, 5.41) is 19.1. The third kappa shape index (κ3) is 9.61. The van der Waals surface area contributed by atoms with Crippen LogP contribution in [-0.4, -0.2) is 40.1 Å². The van der Waals surface area contributed by atoms with Crippen LogP contribution in [0.4, 0.5) is 22.0 Å². The number of benzene rings is 2. The minimum absolute atomic E-state index is 0.0374. The van der Waals surface area contributed by atoms with Crippen LogP contribution in [0.1, 0.15) is 149 Å². The fraction of sp³-hybridized carbons (Fsp3) is 0.562. The summed E-state index contributed by atoms with van der Waals surface area (Å²) in [5.74, 6) is -10.1. The first-order valence-corrected chi connectivity index (χ1v) is 15.1. The first-order chi connectivity index (χ1) is 21.0. The van der Waals surface area contributed by atoms with E-state index in [9.17, 15) is 42.6 Å². The summed E-state index contributed by atoms with van der Waals surface area (Å²) in [6.45, 7) is 3.11. The Bertz CT molecular complexity index is 1420. The van der Waals surface area contributed by atoms with Gasteiger partial charge >= 0.3 is 18.1 Å². The SMILES string of the molecule is CCCCCCCCCCc1cc(C(=O)O)c2c(C(N)=O)c(C)c(C(F)(F)CCCCCC(F)(F)F)c(C(N)=O)c2c1C(=O)O. The molecule has 0 aromatic heterocycles. The Labute approximate surface area is 258 Å². The van der Waals surface area contributed by atoms with Gasteiger partial charge in [-0.3, -0.25) is 9.59 Å². The van der Waals surface area contributed by atoms with Gasteiger partial charge in [0.25, 0.3) is 5.92 Å². The number of halogens is 5. The average Bonchev–Trinajstić information content (AvgIpc) is 2.91. The zero-order valence-corrected chi connectivity index (χ0v) is 25.5. The van der Waals surface area contributed by atoms with E-state index in [-0.39, 0.29) is 18.4 Å². The van der Waals surface area contributed by atoms with Crippen molar-refractivity contribution in [2.24, 2.45) is 11.5 Å². The van der Waals surface area contributed by atoms with Gasteiger partial charge in [0, 0.05) is 29.2 Å². The summed E-state index contributed by atoms with van der Waals surface area (Å²) in [5.41, 5.74) is 6.49. The molecule has 0 fully saturated rings. The molecule has 0 aliphatic rings. The summed E-state index contributed by atoms with van der Waals surface area (Å²) in [7, 11) is 0. The Morgan fingerprint density at radius 1 is 0.689 bits per heavy atom. The van der Waals surface area contributed by atoms with Crippen molar-refractivity contribution in [1.82, 2.24) is 0 Å². The molecular formula is C32H41F5N2O6. The van der Waals surface area contributed by atoms with Crippen LogP contribution >= 0.6 is 0 Å². The van der Waals surface area contributed by atoms with E-state index in [4.69, 9.17) is 11.5 Å². The summed E-state index contributed by atoms with van der Waals surface area (Å²) >= 11 is 0. The third-order valence-electron chi connectivity index (χ3n) is 7.96. The third-order valence-corrected chi connectivity index (χ3v) is 7.96. The number of nitrogens with two attached hydrogens (primary N) is 2. The molecule has 0 unspecified atom stereocenters. The molecule has 2 amide bonds. The van der Waals surface area contributed by atoms with E-state index in [0.717, 1.165) is 51.5 Å². The van der Waals surface area contributed by atoms with Crippen LogP contribution in [0.5, 0.6) is 0 Å². The normalized spacial score (nSPS) is 12.1. The highest BCUT2D eigenvalue weighted by molar-refractivity contribution is 6.25. The smallest absolute Gasteiger partial charge is 0.389 e. The van der Waals surface area contributed by atoms with Crippen molar-refractivity contribution in [2.45, 2.75) is 116 Å². The van der Waals surface area contributed by atoms with Gasteiger partial charge in [0.05, 0.1) is 22.3 Å². The van der Waals surface area contributed by atoms with Gasteiger partial charge in [0.2, 0.25) is 11.8 Å². The Hall–Kier alpha value is -3.77. The molecule has 2 aromatic rings. The van der Waals surface area contributed by atoms with Crippen LogP contribution in [0.25, 0.3) is 10.8 Å². The number of unbranched alkanes of at least 4 members (excludes halogenated alkanes) is 9. The lowest BCUT2D eigenvalue weighted by molar-refractivity contribution is -0.135. The molecule has 0 bridgehead atoms. The van der Waals surface area contributed by atoms with Crippen LogP contribution in [0, 0.1) is 6.92 Å². The number of hydrogen-bond acceptors (Lipinski definition) is 4. The van der Waals surface area contributed by atoms with Crippen molar-refractivity contribution in [3.63, 3.8) is 0 Å². The second-order valence-electron chi connectivity index (χ2n) is 11.4. The quantitative estimate of drug-likeness (QED) is 0.0894.